The zero-order valence-corrected chi connectivity index (χ0v) is 45.0. The Balaban J connectivity index is 1.12. The van der Waals surface area contributed by atoms with E-state index in [0.29, 0.717) is 11.1 Å². The Morgan fingerprint density at radius 2 is 0.936 bits per heavy atom. The van der Waals surface area contributed by atoms with Crippen LogP contribution < -0.4 is 10.6 Å². The fourth-order valence-electron chi connectivity index (χ4n) is 12.2. The minimum atomic E-state index is -3.54. The van der Waals surface area contributed by atoms with Gasteiger partial charge in [-0.2, -0.15) is 0 Å². The van der Waals surface area contributed by atoms with Crippen LogP contribution in [0.5, 0.6) is 0 Å². The molecule has 1 aliphatic heterocycles. The molecular weight excluding hydrogens is 1060 g/mol. The van der Waals surface area contributed by atoms with Crippen LogP contribution in [0.15, 0.2) is 270 Å². The van der Waals surface area contributed by atoms with E-state index in [0.717, 1.165) is 88.7 Å². The number of benzene rings is 11. The smallest absolute Gasteiger partial charge is 0.0614 e. The molecule has 0 atom stereocenters. The van der Waals surface area contributed by atoms with Gasteiger partial charge in [-0.25, -0.2) is 0 Å². The van der Waals surface area contributed by atoms with E-state index in [9.17, 15) is 0 Å². The molecule has 0 saturated heterocycles. The topological polar surface area (TPSA) is 35.4 Å². The van der Waals surface area contributed by atoms with Crippen molar-refractivity contribution in [2.24, 2.45) is 4.99 Å². The van der Waals surface area contributed by atoms with E-state index in [2.05, 4.69) is 259 Å². The van der Waals surface area contributed by atoms with Gasteiger partial charge in [0.25, 0.3) is 0 Å². The van der Waals surface area contributed by atoms with Gasteiger partial charge in [-0.1, -0.05) is 48.5 Å². The molecule has 0 N–H and O–H groups in total. The van der Waals surface area contributed by atoms with Gasteiger partial charge in [0.15, 0.2) is 0 Å². The second kappa shape index (κ2) is 18.1. The second-order valence-corrected chi connectivity index (χ2v) is 27.5. The van der Waals surface area contributed by atoms with Crippen LogP contribution in [0.3, 0.4) is 0 Å². The monoisotopic (exact) mass is 1110 g/mol. The number of furan rings is 1. The zero-order chi connectivity index (χ0) is 52.1. The zero-order valence-electron chi connectivity index (χ0n) is 42.9. The molecule has 0 bridgehead atoms. The molecule has 1 aliphatic rings. The van der Waals surface area contributed by atoms with Gasteiger partial charge in [-0.3, -0.25) is 0 Å². The van der Waals surface area contributed by atoms with Gasteiger partial charge in [0.05, 0.1) is 0 Å². The molecule has 5 heteroatoms. The minimum Gasteiger partial charge on any atom is -0.0614 e. The Morgan fingerprint density at radius 1 is 0.423 bits per heavy atom. The minimum absolute atomic E-state index is 0.638. The number of hydrogen-bond acceptors (Lipinski definition) is 2. The van der Waals surface area contributed by atoms with Crippen LogP contribution in [0.25, 0.3) is 112 Å². The van der Waals surface area contributed by atoms with Crippen molar-refractivity contribution in [3.63, 3.8) is 0 Å². The van der Waals surface area contributed by atoms with Gasteiger partial charge in [0.2, 0.25) is 0 Å². The van der Waals surface area contributed by atoms with E-state index in [1.807, 2.05) is 24.3 Å². The number of rotatable bonds is 8. The van der Waals surface area contributed by atoms with E-state index in [1.54, 1.807) is 0 Å². The number of para-hydroxylation sites is 3. The molecule has 14 aromatic rings. The van der Waals surface area contributed by atoms with Crippen molar-refractivity contribution in [1.82, 2.24) is 9.13 Å². The van der Waals surface area contributed by atoms with E-state index in [1.165, 1.54) is 43.4 Å². The molecule has 370 valence electrons. The molecule has 0 saturated carbocycles. The molecule has 3 aromatic heterocycles. The first-order valence-electron chi connectivity index (χ1n) is 26.4. The fraction of sp³-hybridized carbons (Fsp3) is 0.0137. The predicted molar refractivity (Wildman–Crippen MR) is 337 cm³/mol. The van der Waals surface area contributed by atoms with Gasteiger partial charge >= 0.3 is 404 Å². The van der Waals surface area contributed by atoms with Crippen molar-refractivity contribution < 1.29 is 4.42 Å². The number of hydrogen-bond donors (Lipinski definition) is 0. The van der Waals surface area contributed by atoms with Crippen LogP contribution in [0.4, 0.5) is 0 Å². The van der Waals surface area contributed by atoms with Crippen LogP contribution in [-0.2, 0) is 0 Å². The average molecular weight is 1110 g/mol. The van der Waals surface area contributed by atoms with Crippen molar-refractivity contribution in [2.45, 2.75) is 6.92 Å². The van der Waals surface area contributed by atoms with Gasteiger partial charge < -0.3 is 0 Å². The molecule has 0 spiro atoms. The SMILES string of the molecule is C=c1/c(=C(\N=C(C)c2ccccc2)c2cc(-c3ccccc3)c(-n3c4cc(-n5c6ccccc6c6ccccc65)ccc4c4c(I5(=C)c6ccccc6-c6ccccc65)cccc43)c(-c3ccccc3)c2)oc2ccccc12. The molecule has 0 amide bonds. The fourth-order valence-corrected chi connectivity index (χ4v) is 21.0. The van der Waals surface area contributed by atoms with E-state index in [-0.39, 0.29) is 0 Å². The number of fused-ring (bicyclic) bond motifs is 10. The molecule has 78 heavy (non-hydrogen) atoms. The van der Waals surface area contributed by atoms with Crippen molar-refractivity contribution in [2.75, 3.05) is 0 Å². The van der Waals surface area contributed by atoms with Gasteiger partial charge in [0.1, 0.15) is 0 Å². The van der Waals surface area contributed by atoms with Crippen molar-refractivity contribution in [1.29, 1.82) is 0 Å². The summed E-state index contributed by atoms with van der Waals surface area (Å²) >= 11 is -3.54. The standard InChI is InChI=1S/C73H50IN3O/c1-47-54-30-17-22-41-69(54)78-73(47)71(75-48(2)49-24-7-4-8-25-49)52-44-60(50-26-9-5-10-27-50)72(61(45-52)51-28-11-6-12-29-51)77-67-40-23-37-64(74(3)62-35-18-13-31-55(62)56-32-14-19-36-63(56)74)70(67)59-43-42-53(46-68(59)77)76-65-38-20-15-33-57(65)58-34-16-21-39-66(58)76/h4-46H,1,3H2,2H3/b73-71+,75-48?. The summed E-state index contributed by atoms with van der Waals surface area (Å²) in [5.74, 6) is 0. The van der Waals surface area contributed by atoms with E-state index in [4.69, 9.17) is 13.9 Å². The number of aliphatic imine (C=N–C) groups is 1. The van der Waals surface area contributed by atoms with Crippen LogP contribution >= 0.6 is 18.0 Å². The maximum atomic E-state index is 6.88. The van der Waals surface area contributed by atoms with Crippen molar-refractivity contribution in [3.8, 4) is 44.8 Å². The number of aromatic nitrogens is 2. The predicted octanol–water partition coefficient (Wildman–Crippen LogP) is 17.4. The van der Waals surface area contributed by atoms with Crippen LogP contribution in [0.2, 0.25) is 0 Å². The molecule has 0 radical (unpaired) electrons. The second-order valence-electron chi connectivity index (χ2n) is 20.2. The summed E-state index contributed by atoms with van der Waals surface area (Å²) in [5.41, 5.74) is 18.5. The van der Waals surface area contributed by atoms with Crippen LogP contribution in [0.1, 0.15) is 18.1 Å². The third kappa shape index (κ3) is 6.97. The summed E-state index contributed by atoms with van der Waals surface area (Å²) in [7, 11) is 0. The van der Waals surface area contributed by atoms with E-state index >= 15 is 0 Å². The van der Waals surface area contributed by atoms with Gasteiger partial charge in [-0.15, -0.1) is 0 Å². The number of nitrogens with zero attached hydrogens (tertiary/aromatic N) is 3. The maximum absolute atomic E-state index is 6.88. The van der Waals surface area contributed by atoms with Crippen LogP contribution in [0, 0.1) is 10.7 Å². The Kier molecular flexibility index (Phi) is 10.7. The molecule has 4 nitrogen and oxygen atoms in total. The molecule has 11 aromatic carbocycles. The third-order valence-electron chi connectivity index (χ3n) is 15.8. The summed E-state index contributed by atoms with van der Waals surface area (Å²) in [4.78, 5) is 5.58. The summed E-state index contributed by atoms with van der Waals surface area (Å²) in [6, 6.07) is 94.7. The molecule has 4 heterocycles. The summed E-state index contributed by atoms with van der Waals surface area (Å²) in [6.45, 7) is 6.75. The Hall–Kier alpha value is -9.43. The first-order chi connectivity index (χ1) is 38.4. The Labute approximate surface area is 455 Å². The molecule has 0 unspecified atom stereocenters. The number of halogens is 1. The summed E-state index contributed by atoms with van der Waals surface area (Å²) < 4.78 is 21.5. The summed E-state index contributed by atoms with van der Waals surface area (Å²) in [5, 5.41) is 6.62. The van der Waals surface area contributed by atoms with E-state index < -0.39 is 18.0 Å². The normalized spacial score (nSPS) is 13.8. The molecular formula is C73H50IN3O. The summed E-state index contributed by atoms with van der Waals surface area (Å²) in [6.07, 6.45) is 0. The third-order valence-corrected chi connectivity index (χ3v) is 24.5. The molecule has 15 rings (SSSR count). The average Bonchev–Trinajstić information content (AvgIpc) is 4.28. The van der Waals surface area contributed by atoms with Crippen molar-refractivity contribution in [3.05, 3.63) is 293 Å². The quantitative estimate of drug-likeness (QED) is 0.110. The first kappa shape index (κ1) is 45.9. The molecule has 0 aliphatic carbocycles. The van der Waals surface area contributed by atoms with Gasteiger partial charge in [-0.05, 0) is 6.07 Å². The van der Waals surface area contributed by atoms with Crippen molar-refractivity contribution >= 4 is 95.0 Å². The molecule has 0 fully saturated rings. The van der Waals surface area contributed by atoms with Crippen LogP contribution in [-0.4, -0.2) is 19.4 Å². The first-order valence-corrected chi connectivity index (χ1v) is 31.2. The Morgan fingerprint density at radius 3 is 1.55 bits per heavy atom. The Bertz CT molecular complexity index is 4800. The van der Waals surface area contributed by atoms with Gasteiger partial charge in [0, 0.05) is 0 Å².